The van der Waals surface area contributed by atoms with E-state index in [1.165, 1.54) is 0 Å². The van der Waals surface area contributed by atoms with Crippen LogP contribution in [0, 0.1) is 0 Å². The molecular formula is C22H32ClN5O3. The van der Waals surface area contributed by atoms with Crippen LogP contribution in [-0.4, -0.2) is 79.6 Å². The largest absolute Gasteiger partial charge is 0.368 e. The molecule has 1 atom stereocenters. The van der Waals surface area contributed by atoms with Crippen LogP contribution in [-0.2, 0) is 14.3 Å². The molecule has 2 aliphatic heterocycles. The molecule has 0 aliphatic carbocycles. The Morgan fingerprint density at radius 3 is 2.52 bits per heavy atom. The highest BCUT2D eigenvalue weighted by Crippen LogP contribution is 2.16. The van der Waals surface area contributed by atoms with Gasteiger partial charge in [0.1, 0.15) is 6.10 Å². The Morgan fingerprint density at radius 1 is 1.16 bits per heavy atom. The van der Waals surface area contributed by atoms with Crippen molar-refractivity contribution in [3.63, 3.8) is 0 Å². The monoisotopic (exact) mass is 449 g/mol. The molecule has 1 aromatic rings. The molecule has 2 aliphatic rings. The number of piperazine rings is 1. The van der Waals surface area contributed by atoms with Crippen LogP contribution >= 0.6 is 11.6 Å². The maximum absolute atomic E-state index is 12.5. The van der Waals surface area contributed by atoms with Crippen LogP contribution < -0.4 is 10.6 Å². The highest BCUT2D eigenvalue weighted by Gasteiger charge is 2.30. The predicted octanol–water partition coefficient (Wildman–Crippen LogP) is 2.35. The maximum atomic E-state index is 12.5. The summed E-state index contributed by atoms with van der Waals surface area (Å²) < 4.78 is 5.53. The molecule has 0 radical (unpaired) electrons. The minimum atomic E-state index is -0.257. The number of ether oxygens (including phenoxy) is 1. The molecule has 2 N–H and O–H groups in total. The minimum Gasteiger partial charge on any atom is -0.368 e. The molecule has 0 saturated carbocycles. The van der Waals surface area contributed by atoms with Gasteiger partial charge in [-0.3, -0.25) is 14.6 Å². The molecule has 8 nitrogen and oxygen atoms in total. The van der Waals surface area contributed by atoms with Gasteiger partial charge in [0.25, 0.3) is 5.91 Å². The van der Waals surface area contributed by atoms with Crippen LogP contribution in [0.15, 0.2) is 29.3 Å². The second kappa shape index (κ2) is 11.9. The number of hydrogen-bond acceptors (Lipinski definition) is 4. The standard InChI is InChI=1S/C22H32ClN5O3/c1-2-24-22(25-11-3-6-20(29)26-18-9-7-17(23)8-10-18)28-14-12-27(13-15-28)21(30)19-5-4-16-31-19/h7-10,19H,2-6,11-16H2,1H3,(H,24,25)(H,26,29). The average Bonchev–Trinajstić information content (AvgIpc) is 3.32. The van der Waals surface area contributed by atoms with Crippen LogP contribution in [0.25, 0.3) is 0 Å². The van der Waals surface area contributed by atoms with E-state index in [1.54, 1.807) is 24.3 Å². The highest BCUT2D eigenvalue weighted by molar-refractivity contribution is 6.30. The number of benzene rings is 1. The van der Waals surface area contributed by atoms with E-state index in [1.807, 2.05) is 11.8 Å². The van der Waals surface area contributed by atoms with Crippen molar-refractivity contribution in [2.24, 2.45) is 4.99 Å². The van der Waals surface area contributed by atoms with Gasteiger partial charge in [0, 0.05) is 63.0 Å². The smallest absolute Gasteiger partial charge is 0.251 e. The molecule has 0 aromatic heterocycles. The number of halogens is 1. The first-order valence-corrected chi connectivity index (χ1v) is 11.4. The maximum Gasteiger partial charge on any atom is 0.251 e. The molecule has 31 heavy (non-hydrogen) atoms. The molecule has 2 heterocycles. The van der Waals surface area contributed by atoms with Gasteiger partial charge in [-0.25, -0.2) is 0 Å². The Hall–Kier alpha value is -2.32. The number of anilines is 1. The van der Waals surface area contributed by atoms with Crippen molar-refractivity contribution in [3.05, 3.63) is 29.3 Å². The number of carbonyl (C=O) groups excluding carboxylic acids is 2. The predicted molar refractivity (Wildman–Crippen MR) is 122 cm³/mol. The minimum absolute atomic E-state index is 0.0382. The Bertz CT molecular complexity index is 757. The molecular weight excluding hydrogens is 418 g/mol. The summed E-state index contributed by atoms with van der Waals surface area (Å²) in [5, 5.41) is 6.82. The number of nitrogens with one attached hydrogen (secondary N) is 2. The molecule has 2 saturated heterocycles. The van der Waals surface area contributed by atoms with Gasteiger partial charge in [-0.2, -0.15) is 0 Å². The summed E-state index contributed by atoms with van der Waals surface area (Å²) in [5.74, 6) is 0.916. The number of amides is 2. The van der Waals surface area contributed by atoms with Crippen molar-refractivity contribution >= 4 is 35.1 Å². The van der Waals surface area contributed by atoms with E-state index in [-0.39, 0.29) is 17.9 Å². The van der Waals surface area contributed by atoms with Crippen LogP contribution in [0.2, 0.25) is 5.02 Å². The lowest BCUT2D eigenvalue weighted by Gasteiger charge is -2.37. The molecule has 2 fully saturated rings. The molecule has 3 rings (SSSR count). The second-order valence-electron chi connectivity index (χ2n) is 7.71. The number of aliphatic imine (C=N–C) groups is 1. The van der Waals surface area contributed by atoms with Crippen molar-refractivity contribution in [3.8, 4) is 0 Å². The number of carbonyl (C=O) groups is 2. The summed E-state index contributed by atoms with van der Waals surface area (Å²) in [6.45, 7) is 6.87. The van der Waals surface area contributed by atoms with E-state index in [9.17, 15) is 9.59 Å². The quantitative estimate of drug-likeness (QED) is 0.379. The van der Waals surface area contributed by atoms with Gasteiger partial charge in [-0.1, -0.05) is 11.6 Å². The van der Waals surface area contributed by atoms with Gasteiger partial charge in [-0.05, 0) is 50.5 Å². The average molecular weight is 450 g/mol. The van der Waals surface area contributed by atoms with Crippen molar-refractivity contribution in [2.75, 3.05) is 51.2 Å². The van der Waals surface area contributed by atoms with Crippen molar-refractivity contribution in [1.82, 2.24) is 15.1 Å². The topological polar surface area (TPSA) is 86.3 Å². The normalized spacial score (nSPS) is 19.4. The first kappa shape index (κ1) is 23.3. The van der Waals surface area contributed by atoms with E-state index in [0.29, 0.717) is 44.1 Å². The zero-order valence-corrected chi connectivity index (χ0v) is 18.9. The molecule has 1 aromatic carbocycles. The fourth-order valence-electron chi connectivity index (χ4n) is 3.72. The highest BCUT2D eigenvalue weighted by atomic mass is 35.5. The Labute approximate surface area is 189 Å². The van der Waals surface area contributed by atoms with Gasteiger partial charge in [0.15, 0.2) is 5.96 Å². The number of guanidine groups is 1. The van der Waals surface area contributed by atoms with E-state index in [4.69, 9.17) is 16.3 Å². The lowest BCUT2D eigenvalue weighted by molar-refractivity contribution is -0.142. The van der Waals surface area contributed by atoms with E-state index < -0.39 is 0 Å². The second-order valence-corrected chi connectivity index (χ2v) is 8.14. The third-order valence-corrected chi connectivity index (χ3v) is 5.63. The number of nitrogens with zero attached hydrogens (tertiary/aromatic N) is 3. The van der Waals surface area contributed by atoms with Gasteiger partial charge < -0.3 is 25.2 Å². The zero-order chi connectivity index (χ0) is 22.1. The Balaban J connectivity index is 1.41. The van der Waals surface area contributed by atoms with Crippen LogP contribution in [0.1, 0.15) is 32.6 Å². The molecule has 0 bridgehead atoms. The van der Waals surface area contributed by atoms with Crippen LogP contribution in [0.4, 0.5) is 5.69 Å². The molecule has 1 unspecified atom stereocenters. The molecule has 2 amide bonds. The van der Waals surface area contributed by atoms with Crippen molar-refractivity contribution in [1.29, 1.82) is 0 Å². The Morgan fingerprint density at radius 2 is 1.87 bits per heavy atom. The van der Waals surface area contributed by atoms with Crippen molar-refractivity contribution < 1.29 is 14.3 Å². The first-order chi connectivity index (χ1) is 15.1. The molecule has 0 spiro atoms. The molecule has 170 valence electrons. The fraction of sp³-hybridized carbons (Fsp3) is 0.591. The third-order valence-electron chi connectivity index (χ3n) is 5.38. The fourth-order valence-corrected chi connectivity index (χ4v) is 3.85. The van der Waals surface area contributed by atoms with E-state index in [0.717, 1.165) is 44.1 Å². The van der Waals surface area contributed by atoms with E-state index in [2.05, 4.69) is 20.5 Å². The summed E-state index contributed by atoms with van der Waals surface area (Å²) in [7, 11) is 0. The summed E-state index contributed by atoms with van der Waals surface area (Å²) >= 11 is 5.86. The van der Waals surface area contributed by atoms with Crippen molar-refractivity contribution in [2.45, 2.75) is 38.7 Å². The van der Waals surface area contributed by atoms with Gasteiger partial charge in [0.2, 0.25) is 5.91 Å². The van der Waals surface area contributed by atoms with Gasteiger partial charge in [0.05, 0.1) is 0 Å². The summed E-state index contributed by atoms with van der Waals surface area (Å²) in [6.07, 6.45) is 2.59. The lowest BCUT2D eigenvalue weighted by atomic mass is 10.2. The number of rotatable bonds is 7. The molecule has 9 heteroatoms. The lowest BCUT2D eigenvalue weighted by Crippen LogP contribution is -2.55. The van der Waals surface area contributed by atoms with Gasteiger partial charge >= 0.3 is 0 Å². The first-order valence-electron chi connectivity index (χ1n) is 11.1. The van der Waals surface area contributed by atoms with Gasteiger partial charge in [-0.15, -0.1) is 0 Å². The zero-order valence-electron chi connectivity index (χ0n) is 18.1. The Kier molecular flexibility index (Phi) is 8.97. The summed E-state index contributed by atoms with van der Waals surface area (Å²) in [4.78, 5) is 33.4. The van der Waals surface area contributed by atoms with E-state index >= 15 is 0 Å². The summed E-state index contributed by atoms with van der Waals surface area (Å²) in [5.41, 5.74) is 0.738. The van der Waals surface area contributed by atoms with Crippen LogP contribution in [0.3, 0.4) is 0 Å². The SMILES string of the molecule is CCNC(=NCCCC(=O)Nc1ccc(Cl)cc1)N1CCN(C(=O)C2CCCO2)CC1. The number of hydrogen-bond donors (Lipinski definition) is 2. The van der Waals surface area contributed by atoms with Crippen LogP contribution in [0.5, 0.6) is 0 Å². The summed E-state index contributed by atoms with van der Waals surface area (Å²) in [6, 6.07) is 7.06. The third kappa shape index (κ3) is 7.11.